The van der Waals surface area contributed by atoms with E-state index in [0.717, 1.165) is 32.4 Å². The smallest absolute Gasteiger partial charge is 0.0462 e. The number of nitrogens with zero attached hydrogens (tertiary/aromatic N) is 1. The number of ether oxygens (including phenoxy) is 1. The molecule has 0 bridgehead atoms. The Morgan fingerprint density at radius 3 is 2.54 bits per heavy atom. The van der Waals surface area contributed by atoms with Gasteiger partial charge in [-0.15, -0.1) is 0 Å². The molecule has 13 heavy (non-hydrogen) atoms. The zero-order valence-electron chi connectivity index (χ0n) is 9.05. The maximum absolute atomic E-state index is 5.43. The summed E-state index contributed by atoms with van der Waals surface area (Å²) < 4.78 is 4.98. The van der Waals surface area contributed by atoms with Gasteiger partial charge in [0, 0.05) is 19.8 Å². The highest BCUT2D eigenvalue weighted by molar-refractivity contribution is 4.64. The SMILES string of the molecule is COCCCC(CCN(C)C)NN. The second kappa shape index (κ2) is 8.44. The van der Waals surface area contributed by atoms with Crippen molar-refractivity contribution in [2.75, 3.05) is 34.4 Å². The molecule has 0 rings (SSSR count). The van der Waals surface area contributed by atoms with Gasteiger partial charge in [0.2, 0.25) is 0 Å². The van der Waals surface area contributed by atoms with Gasteiger partial charge in [0.05, 0.1) is 0 Å². The standard InChI is InChI=1S/C9H23N3O/c1-12(2)7-6-9(11-10)5-4-8-13-3/h9,11H,4-8,10H2,1-3H3. The minimum Gasteiger partial charge on any atom is -0.385 e. The number of rotatable bonds is 8. The number of methoxy groups -OCH3 is 1. The first kappa shape index (κ1) is 12.8. The van der Waals surface area contributed by atoms with Crippen LogP contribution in [0.3, 0.4) is 0 Å². The number of nitrogens with one attached hydrogen (secondary N) is 1. The molecule has 4 heteroatoms. The molecule has 0 aromatic carbocycles. The van der Waals surface area contributed by atoms with E-state index in [2.05, 4.69) is 24.4 Å². The van der Waals surface area contributed by atoms with Crippen LogP contribution in [0.4, 0.5) is 0 Å². The molecule has 0 aliphatic heterocycles. The van der Waals surface area contributed by atoms with Gasteiger partial charge < -0.3 is 9.64 Å². The van der Waals surface area contributed by atoms with Gasteiger partial charge >= 0.3 is 0 Å². The van der Waals surface area contributed by atoms with Crippen LogP contribution in [-0.2, 0) is 4.74 Å². The summed E-state index contributed by atoms with van der Waals surface area (Å²) in [5.41, 5.74) is 2.83. The van der Waals surface area contributed by atoms with Crippen LogP contribution < -0.4 is 11.3 Å². The predicted octanol–water partition coefficient (Wildman–Crippen LogP) is 0.197. The molecule has 0 fully saturated rings. The molecule has 0 aromatic rings. The molecule has 1 unspecified atom stereocenters. The Morgan fingerprint density at radius 2 is 2.08 bits per heavy atom. The lowest BCUT2D eigenvalue weighted by atomic mass is 10.1. The lowest BCUT2D eigenvalue weighted by molar-refractivity contribution is 0.187. The average molecular weight is 189 g/mol. The van der Waals surface area contributed by atoms with E-state index in [1.165, 1.54) is 0 Å². The number of nitrogens with two attached hydrogens (primary N) is 1. The van der Waals surface area contributed by atoms with E-state index in [9.17, 15) is 0 Å². The summed E-state index contributed by atoms with van der Waals surface area (Å²) in [6.07, 6.45) is 3.24. The van der Waals surface area contributed by atoms with Crippen LogP contribution in [-0.4, -0.2) is 45.3 Å². The van der Waals surface area contributed by atoms with Crippen LogP contribution in [0.15, 0.2) is 0 Å². The molecule has 0 amide bonds. The highest BCUT2D eigenvalue weighted by atomic mass is 16.5. The highest BCUT2D eigenvalue weighted by Gasteiger charge is 2.05. The van der Waals surface area contributed by atoms with Gasteiger partial charge in [-0.2, -0.15) is 0 Å². The van der Waals surface area contributed by atoms with Crippen molar-refractivity contribution in [2.45, 2.75) is 25.3 Å². The topological polar surface area (TPSA) is 50.5 Å². The average Bonchev–Trinajstić information content (AvgIpc) is 2.10. The van der Waals surface area contributed by atoms with Crippen molar-refractivity contribution in [3.05, 3.63) is 0 Å². The third-order valence-electron chi connectivity index (χ3n) is 2.06. The first-order valence-corrected chi connectivity index (χ1v) is 4.80. The van der Waals surface area contributed by atoms with Crippen molar-refractivity contribution in [2.24, 2.45) is 5.84 Å². The van der Waals surface area contributed by atoms with E-state index in [1.807, 2.05) is 0 Å². The van der Waals surface area contributed by atoms with Gasteiger partial charge in [0.25, 0.3) is 0 Å². The molecule has 0 aliphatic carbocycles. The van der Waals surface area contributed by atoms with Crippen molar-refractivity contribution in [3.8, 4) is 0 Å². The fourth-order valence-corrected chi connectivity index (χ4v) is 1.20. The Labute approximate surface area is 81.4 Å². The van der Waals surface area contributed by atoms with Gasteiger partial charge in [-0.25, -0.2) is 0 Å². The second-order valence-electron chi connectivity index (χ2n) is 3.59. The highest BCUT2D eigenvalue weighted by Crippen LogP contribution is 2.01. The molecular weight excluding hydrogens is 166 g/mol. The van der Waals surface area contributed by atoms with Crippen molar-refractivity contribution >= 4 is 0 Å². The Morgan fingerprint density at radius 1 is 1.38 bits per heavy atom. The number of hydrogen-bond donors (Lipinski definition) is 2. The van der Waals surface area contributed by atoms with Crippen LogP contribution in [0.25, 0.3) is 0 Å². The zero-order valence-corrected chi connectivity index (χ0v) is 9.05. The van der Waals surface area contributed by atoms with Crippen molar-refractivity contribution in [1.29, 1.82) is 0 Å². The number of hydrogen-bond acceptors (Lipinski definition) is 4. The molecule has 3 N–H and O–H groups in total. The monoisotopic (exact) mass is 189 g/mol. The van der Waals surface area contributed by atoms with Gasteiger partial charge in [-0.3, -0.25) is 11.3 Å². The minimum atomic E-state index is 0.414. The fourth-order valence-electron chi connectivity index (χ4n) is 1.20. The minimum absolute atomic E-state index is 0.414. The molecule has 0 saturated heterocycles. The summed E-state index contributed by atoms with van der Waals surface area (Å²) in [5, 5.41) is 0. The van der Waals surface area contributed by atoms with Crippen LogP contribution in [0, 0.1) is 0 Å². The fraction of sp³-hybridized carbons (Fsp3) is 1.00. The van der Waals surface area contributed by atoms with E-state index in [-0.39, 0.29) is 0 Å². The summed E-state index contributed by atoms with van der Waals surface area (Å²) >= 11 is 0. The van der Waals surface area contributed by atoms with E-state index in [0.29, 0.717) is 6.04 Å². The first-order valence-electron chi connectivity index (χ1n) is 4.80. The van der Waals surface area contributed by atoms with Crippen LogP contribution >= 0.6 is 0 Å². The van der Waals surface area contributed by atoms with Crippen LogP contribution in [0.2, 0.25) is 0 Å². The van der Waals surface area contributed by atoms with Crippen molar-refractivity contribution in [1.82, 2.24) is 10.3 Å². The van der Waals surface area contributed by atoms with Gasteiger partial charge in [-0.05, 0) is 39.9 Å². The van der Waals surface area contributed by atoms with Crippen LogP contribution in [0.5, 0.6) is 0 Å². The molecule has 0 saturated carbocycles. The van der Waals surface area contributed by atoms with E-state index in [1.54, 1.807) is 7.11 Å². The molecular formula is C9H23N3O. The molecule has 0 radical (unpaired) electrons. The zero-order chi connectivity index (χ0) is 10.1. The third-order valence-corrected chi connectivity index (χ3v) is 2.06. The summed E-state index contributed by atoms with van der Waals surface area (Å²) in [6.45, 7) is 1.89. The van der Waals surface area contributed by atoms with Crippen molar-refractivity contribution < 1.29 is 4.74 Å². The normalized spacial score (nSPS) is 13.6. The maximum atomic E-state index is 5.43. The summed E-state index contributed by atoms with van der Waals surface area (Å²) in [5.74, 6) is 5.43. The van der Waals surface area contributed by atoms with E-state index in [4.69, 9.17) is 10.6 Å². The Kier molecular flexibility index (Phi) is 8.33. The molecule has 0 aromatic heterocycles. The Bertz CT molecular complexity index is 109. The van der Waals surface area contributed by atoms with Gasteiger partial charge in [-0.1, -0.05) is 0 Å². The summed E-state index contributed by atoms with van der Waals surface area (Å²) in [4.78, 5) is 2.17. The quantitative estimate of drug-likeness (QED) is 0.325. The maximum Gasteiger partial charge on any atom is 0.0462 e. The molecule has 80 valence electrons. The Hall–Kier alpha value is -0.160. The third kappa shape index (κ3) is 8.18. The molecule has 0 aliphatic rings. The van der Waals surface area contributed by atoms with Gasteiger partial charge in [0.1, 0.15) is 0 Å². The van der Waals surface area contributed by atoms with Crippen LogP contribution in [0.1, 0.15) is 19.3 Å². The molecule has 4 nitrogen and oxygen atoms in total. The first-order chi connectivity index (χ1) is 6.20. The largest absolute Gasteiger partial charge is 0.385 e. The summed E-state index contributed by atoms with van der Waals surface area (Å²) in [6, 6.07) is 0.414. The van der Waals surface area contributed by atoms with E-state index >= 15 is 0 Å². The molecule has 0 spiro atoms. The number of hydrazine groups is 1. The lowest BCUT2D eigenvalue weighted by Gasteiger charge is -2.18. The molecule has 1 atom stereocenters. The Balaban J connectivity index is 3.39. The van der Waals surface area contributed by atoms with Gasteiger partial charge in [0.15, 0.2) is 0 Å². The molecule has 0 heterocycles. The summed E-state index contributed by atoms with van der Waals surface area (Å²) in [7, 11) is 5.87. The van der Waals surface area contributed by atoms with Crippen molar-refractivity contribution in [3.63, 3.8) is 0 Å². The second-order valence-corrected chi connectivity index (χ2v) is 3.59. The predicted molar refractivity (Wildman–Crippen MR) is 55.4 cm³/mol. The van der Waals surface area contributed by atoms with E-state index < -0.39 is 0 Å². The lowest BCUT2D eigenvalue weighted by Crippen LogP contribution is -2.37.